The van der Waals surface area contributed by atoms with Gasteiger partial charge in [0.1, 0.15) is 0 Å². The predicted molar refractivity (Wildman–Crippen MR) is 85.9 cm³/mol. The number of ether oxygens (including phenoxy) is 2. The number of non-ortho nitro benzene ring substituents is 1. The van der Waals surface area contributed by atoms with Crippen LogP contribution in [-0.4, -0.2) is 34.4 Å². The number of nitro benzene ring substituents is 1. The van der Waals surface area contributed by atoms with Crippen LogP contribution in [0, 0.1) is 10.1 Å². The zero-order valence-corrected chi connectivity index (χ0v) is 13.8. The molecule has 0 heterocycles. The number of carbonyl (C=O) groups excluding carboxylic acids is 3. The van der Waals surface area contributed by atoms with Gasteiger partial charge in [0, 0.05) is 25.5 Å². The molecule has 1 aromatic rings. The molecular formula is C17H17NO7. The number of rotatable bonds is 5. The molecule has 132 valence electrons. The van der Waals surface area contributed by atoms with Crippen molar-refractivity contribution < 1.29 is 28.8 Å². The zero-order chi connectivity index (χ0) is 18.6. The Labute approximate surface area is 143 Å². The SMILES string of the molecule is CC(=O)O[C@H]1C=CCC[C@]1(OC(=O)c1ccc([N+](=O)[O-])cc1)C(C)=O. The molecule has 1 aromatic carbocycles. The molecule has 1 aliphatic rings. The van der Waals surface area contributed by atoms with E-state index in [2.05, 4.69) is 0 Å². The lowest BCUT2D eigenvalue weighted by atomic mass is 9.83. The van der Waals surface area contributed by atoms with Gasteiger partial charge in [-0.1, -0.05) is 6.08 Å². The van der Waals surface area contributed by atoms with E-state index in [9.17, 15) is 24.5 Å². The van der Waals surface area contributed by atoms with Gasteiger partial charge in [-0.05, 0) is 31.6 Å². The quantitative estimate of drug-likeness (QED) is 0.348. The lowest BCUT2D eigenvalue weighted by Crippen LogP contribution is -2.54. The molecule has 0 fully saturated rings. The van der Waals surface area contributed by atoms with Crippen molar-refractivity contribution in [3.8, 4) is 0 Å². The lowest BCUT2D eigenvalue weighted by molar-refractivity contribution is -0.384. The number of ketones is 1. The predicted octanol–water partition coefficient (Wildman–Crippen LogP) is 2.36. The second kappa shape index (κ2) is 7.25. The number of Topliss-reactive ketones (excluding diaryl/α,β-unsaturated/α-hetero) is 1. The summed E-state index contributed by atoms with van der Waals surface area (Å²) in [5.74, 6) is -1.87. The van der Waals surface area contributed by atoms with Crippen molar-refractivity contribution in [1.82, 2.24) is 0 Å². The van der Waals surface area contributed by atoms with Crippen molar-refractivity contribution in [2.75, 3.05) is 0 Å². The van der Waals surface area contributed by atoms with Gasteiger partial charge >= 0.3 is 11.9 Å². The molecule has 0 saturated carbocycles. The standard InChI is InChI=1S/C17H17NO7/c1-11(19)17(10-4-3-5-15(17)24-12(2)20)25-16(21)13-6-8-14(9-7-13)18(22)23/h3,5-9,15H,4,10H2,1-2H3/t15-,17-/m0/s1. The van der Waals surface area contributed by atoms with Crippen LogP contribution in [0.5, 0.6) is 0 Å². The highest BCUT2D eigenvalue weighted by Crippen LogP contribution is 2.32. The van der Waals surface area contributed by atoms with Gasteiger partial charge in [-0.15, -0.1) is 0 Å². The Kier molecular flexibility index (Phi) is 5.31. The van der Waals surface area contributed by atoms with Crippen molar-refractivity contribution in [1.29, 1.82) is 0 Å². The summed E-state index contributed by atoms with van der Waals surface area (Å²) < 4.78 is 10.6. The summed E-state index contributed by atoms with van der Waals surface area (Å²) in [5.41, 5.74) is -1.72. The molecule has 8 nitrogen and oxygen atoms in total. The third-order valence-electron chi connectivity index (χ3n) is 3.93. The monoisotopic (exact) mass is 347 g/mol. The van der Waals surface area contributed by atoms with Crippen LogP contribution in [0.1, 0.15) is 37.0 Å². The highest BCUT2D eigenvalue weighted by molar-refractivity contribution is 5.95. The van der Waals surface area contributed by atoms with Gasteiger partial charge in [-0.25, -0.2) is 4.79 Å². The molecule has 0 unspecified atom stereocenters. The number of hydrogen-bond acceptors (Lipinski definition) is 7. The van der Waals surface area contributed by atoms with E-state index in [-0.39, 0.29) is 17.7 Å². The first-order valence-corrected chi connectivity index (χ1v) is 7.59. The molecule has 0 radical (unpaired) electrons. The largest absolute Gasteiger partial charge is 0.453 e. The summed E-state index contributed by atoms with van der Waals surface area (Å²) >= 11 is 0. The number of allylic oxidation sites excluding steroid dienone is 1. The van der Waals surface area contributed by atoms with Crippen LogP contribution in [0.3, 0.4) is 0 Å². The molecule has 0 saturated heterocycles. The Balaban J connectivity index is 2.29. The molecule has 0 aromatic heterocycles. The van der Waals surface area contributed by atoms with E-state index in [1.54, 1.807) is 6.08 Å². The second-order valence-electron chi connectivity index (χ2n) is 5.64. The minimum Gasteiger partial charge on any atom is -0.453 e. The summed E-state index contributed by atoms with van der Waals surface area (Å²) in [6.45, 7) is 2.46. The number of benzene rings is 1. The van der Waals surface area contributed by atoms with E-state index in [4.69, 9.17) is 9.47 Å². The van der Waals surface area contributed by atoms with Gasteiger partial charge in [-0.3, -0.25) is 19.7 Å². The Morgan fingerprint density at radius 2 is 1.84 bits per heavy atom. The molecule has 2 rings (SSSR count). The molecule has 0 bridgehead atoms. The van der Waals surface area contributed by atoms with Crippen molar-refractivity contribution in [2.45, 2.75) is 38.4 Å². The molecule has 0 aliphatic heterocycles. The molecule has 25 heavy (non-hydrogen) atoms. The minimum absolute atomic E-state index is 0.0577. The fourth-order valence-electron chi connectivity index (χ4n) is 2.63. The molecule has 0 amide bonds. The maximum absolute atomic E-state index is 12.4. The molecule has 8 heteroatoms. The average molecular weight is 347 g/mol. The van der Waals surface area contributed by atoms with Gasteiger partial charge in [0.2, 0.25) is 5.60 Å². The minimum atomic E-state index is -1.61. The highest BCUT2D eigenvalue weighted by Gasteiger charge is 2.49. The topological polar surface area (TPSA) is 113 Å². The van der Waals surface area contributed by atoms with Crippen LogP contribution in [-0.2, 0) is 19.1 Å². The van der Waals surface area contributed by atoms with Gasteiger partial charge < -0.3 is 9.47 Å². The number of hydrogen-bond donors (Lipinski definition) is 0. The summed E-state index contributed by atoms with van der Waals surface area (Å²) in [4.78, 5) is 46.1. The maximum Gasteiger partial charge on any atom is 0.339 e. The van der Waals surface area contributed by atoms with Gasteiger partial charge in [0.15, 0.2) is 11.9 Å². The summed E-state index contributed by atoms with van der Waals surface area (Å²) in [7, 11) is 0. The molecule has 2 atom stereocenters. The van der Waals surface area contributed by atoms with Crippen LogP contribution in [0.2, 0.25) is 0 Å². The van der Waals surface area contributed by atoms with Crippen molar-refractivity contribution in [2.24, 2.45) is 0 Å². The normalized spacial score (nSPS) is 22.1. The smallest absolute Gasteiger partial charge is 0.339 e. The Hall–Kier alpha value is -3.03. The molecular weight excluding hydrogens is 330 g/mol. The first kappa shape index (κ1) is 18.3. The highest BCUT2D eigenvalue weighted by atomic mass is 16.6. The Bertz CT molecular complexity index is 738. The number of nitrogens with zero attached hydrogens (tertiary/aromatic N) is 1. The number of nitro groups is 1. The summed E-state index contributed by atoms with van der Waals surface area (Å²) in [5, 5.41) is 10.7. The van der Waals surface area contributed by atoms with Crippen LogP contribution in [0.25, 0.3) is 0 Å². The van der Waals surface area contributed by atoms with Crippen LogP contribution < -0.4 is 0 Å². The van der Waals surface area contributed by atoms with Crippen LogP contribution in [0.15, 0.2) is 36.4 Å². The van der Waals surface area contributed by atoms with E-state index >= 15 is 0 Å². The number of esters is 2. The van der Waals surface area contributed by atoms with Gasteiger partial charge in [0.25, 0.3) is 5.69 Å². The van der Waals surface area contributed by atoms with E-state index < -0.39 is 34.4 Å². The molecule has 0 spiro atoms. The fourth-order valence-corrected chi connectivity index (χ4v) is 2.63. The van der Waals surface area contributed by atoms with Crippen LogP contribution >= 0.6 is 0 Å². The van der Waals surface area contributed by atoms with Crippen molar-refractivity contribution >= 4 is 23.4 Å². The van der Waals surface area contributed by atoms with E-state index in [0.29, 0.717) is 6.42 Å². The van der Waals surface area contributed by atoms with Crippen molar-refractivity contribution in [3.63, 3.8) is 0 Å². The average Bonchev–Trinajstić information content (AvgIpc) is 2.56. The second-order valence-corrected chi connectivity index (χ2v) is 5.64. The number of carbonyl (C=O) groups is 3. The Morgan fingerprint density at radius 1 is 1.20 bits per heavy atom. The lowest BCUT2D eigenvalue weighted by Gasteiger charge is -2.37. The molecule has 1 aliphatic carbocycles. The fraction of sp³-hybridized carbons (Fsp3) is 0.353. The zero-order valence-electron chi connectivity index (χ0n) is 13.8. The van der Waals surface area contributed by atoms with E-state index in [1.807, 2.05) is 0 Å². The summed E-state index contributed by atoms with van der Waals surface area (Å²) in [6, 6.07) is 4.82. The summed E-state index contributed by atoms with van der Waals surface area (Å²) in [6.07, 6.45) is 2.91. The first-order valence-electron chi connectivity index (χ1n) is 7.59. The van der Waals surface area contributed by atoms with E-state index in [1.165, 1.54) is 44.2 Å². The third-order valence-corrected chi connectivity index (χ3v) is 3.93. The Morgan fingerprint density at radius 3 is 2.36 bits per heavy atom. The van der Waals surface area contributed by atoms with Crippen molar-refractivity contribution in [3.05, 3.63) is 52.1 Å². The maximum atomic E-state index is 12.4. The van der Waals surface area contributed by atoms with Gasteiger partial charge in [0.05, 0.1) is 10.5 Å². The first-order chi connectivity index (χ1) is 11.8. The third kappa shape index (κ3) is 3.90. The molecule has 0 N–H and O–H groups in total. The van der Waals surface area contributed by atoms with E-state index in [0.717, 1.165) is 0 Å². The van der Waals surface area contributed by atoms with Gasteiger partial charge in [-0.2, -0.15) is 0 Å². The van der Waals surface area contributed by atoms with Crippen LogP contribution in [0.4, 0.5) is 5.69 Å².